The molecule has 0 saturated heterocycles. The Hall–Kier alpha value is -4.07. The van der Waals surface area contributed by atoms with Crippen molar-refractivity contribution in [1.82, 2.24) is 10.3 Å². The number of H-pyrrole nitrogens is 1. The van der Waals surface area contributed by atoms with E-state index in [2.05, 4.69) is 10.3 Å². The van der Waals surface area contributed by atoms with Gasteiger partial charge in [0, 0.05) is 23.5 Å². The number of benzene rings is 2. The number of methoxy groups -OCH3 is 1. The minimum atomic E-state index is -0.893. The van der Waals surface area contributed by atoms with Crippen molar-refractivity contribution in [1.29, 1.82) is 0 Å². The van der Waals surface area contributed by atoms with E-state index in [1.54, 1.807) is 6.07 Å². The largest absolute Gasteiger partial charge is 0.486 e. The topological polar surface area (TPSA) is 93.6 Å². The van der Waals surface area contributed by atoms with Gasteiger partial charge in [-0.2, -0.15) is 0 Å². The van der Waals surface area contributed by atoms with Crippen molar-refractivity contribution in [2.24, 2.45) is 0 Å². The van der Waals surface area contributed by atoms with E-state index in [1.165, 1.54) is 37.4 Å². The Morgan fingerprint density at radius 2 is 1.88 bits per heavy atom. The van der Waals surface area contributed by atoms with Crippen LogP contribution in [0.25, 0.3) is 10.9 Å². The van der Waals surface area contributed by atoms with Crippen molar-refractivity contribution >= 4 is 22.8 Å². The first kappa shape index (κ1) is 21.2. The molecule has 32 heavy (non-hydrogen) atoms. The number of ether oxygens (including phenoxy) is 2. The normalized spacial score (nSPS) is 11.8. The summed E-state index contributed by atoms with van der Waals surface area (Å²) in [5.41, 5.74) is 1.82. The van der Waals surface area contributed by atoms with Crippen molar-refractivity contribution in [3.8, 4) is 5.75 Å². The van der Waals surface area contributed by atoms with Gasteiger partial charge in [0.25, 0.3) is 5.91 Å². The molecule has 2 aromatic heterocycles. The standard InChI is InChI=1S/C24H21FN2O5/c1-30-24(29)21(12-15-13-26-20-5-3-2-4-19(15)20)27-23(28)22-11-10-18(32-22)14-31-17-8-6-16(25)7-9-17/h2-11,13,21,26H,12,14H2,1H3,(H,27,28). The van der Waals surface area contributed by atoms with Crippen molar-refractivity contribution < 1.29 is 27.9 Å². The summed E-state index contributed by atoms with van der Waals surface area (Å²) in [7, 11) is 1.27. The predicted octanol–water partition coefficient (Wildman–Crippen LogP) is 3.99. The van der Waals surface area contributed by atoms with Crippen LogP contribution in [0.2, 0.25) is 0 Å². The summed E-state index contributed by atoms with van der Waals surface area (Å²) in [6.07, 6.45) is 2.06. The zero-order valence-electron chi connectivity index (χ0n) is 17.3. The fourth-order valence-electron chi connectivity index (χ4n) is 3.35. The van der Waals surface area contributed by atoms with Crippen LogP contribution < -0.4 is 10.1 Å². The van der Waals surface area contributed by atoms with E-state index in [0.717, 1.165) is 16.5 Å². The van der Waals surface area contributed by atoms with E-state index >= 15 is 0 Å². The van der Waals surface area contributed by atoms with E-state index in [0.29, 0.717) is 11.5 Å². The average Bonchev–Trinajstić information content (AvgIpc) is 3.45. The predicted molar refractivity (Wildman–Crippen MR) is 115 cm³/mol. The van der Waals surface area contributed by atoms with Gasteiger partial charge in [-0.1, -0.05) is 18.2 Å². The SMILES string of the molecule is COC(=O)C(Cc1c[nH]c2ccccc12)NC(=O)c1ccc(COc2ccc(F)cc2)o1. The molecule has 0 aliphatic carbocycles. The van der Waals surface area contributed by atoms with Crippen molar-refractivity contribution in [2.75, 3.05) is 7.11 Å². The van der Waals surface area contributed by atoms with Gasteiger partial charge in [-0.15, -0.1) is 0 Å². The molecule has 7 nitrogen and oxygen atoms in total. The molecular weight excluding hydrogens is 415 g/mol. The van der Waals surface area contributed by atoms with Crippen LogP contribution in [-0.4, -0.2) is 30.0 Å². The molecule has 2 aromatic carbocycles. The monoisotopic (exact) mass is 436 g/mol. The minimum absolute atomic E-state index is 0.0375. The molecule has 164 valence electrons. The molecule has 0 fully saturated rings. The summed E-state index contributed by atoms with van der Waals surface area (Å²) in [6.45, 7) is 0.0642. The lowest BCUT2D eigenvalue weighted by molar-refractivity contribution is -0.142. The number of para-hydroxylation sites is 1. The number of rotatable bonds is 8. The summed E-state index contributed by atoms with van der Waals surface area (Å²) < 4.78 is 28.9. The number of esters is 1. The third-order valence-corrected chi connectivity index (χ3v) is 4.97. The van der Waals surface area contributed by atoms with Crippen LogP contribution in [0.15, 0.2) is 71.3 Å². The second kappa shape index (κ2) is 9.38. The Morgan fingerprint density at radius 1 is 1.09 bits per heavy atom. The van der Waals surface area contributed by atoms with Gasteiger partial charge in [-0.3, -0.25) is 4.79 Å². The molecule has 0 radical (unpaired) electrons. The second-order valence-electron chi connectivity index (χ2n) is 7.12. The first-order valence-corrected chi connectivity index (χ1v) is 9.94. The Labute approximate surface area is 183 Å². The third kappa shape index (κ3) is 4.80. The molecule has 1 atom stereocenters. The van der Waals surface area contributed by atoms with E-state index in [-0.39, 0.29) is 24.6 Å². The van der Waals surface area contributed by atoms with E-state index in [9.17, 15) is 14.0 Å². The molecule has 0 spiro atoms. The summed E-state index contributed by atoms with van der Waals surface area (Å²) in [4.78, 5) is 28.1. The van der Waals surface area contributed by atoms with Gasteiger partial charge < -0.3 is 24.2 Å². The quantitative estimate of drug-likeness (QED) is 0.408. The average molecular weight is 436 g/mol. The molecule has 0 aliphatic heterocycles. The highest BCUT2D eigenvalue weighted by Crippen LogP contribution is 2.20. The number of carbonyl (C=O) groups is 2. The number of aromatic amines is 1. The molecule has 2 N–H and O–H groups in total. The maximum atomic E-state index is 13.0. The van der Waals surface area contributed by atoms with Crippen LogP contribution >= 0.6 is 0 Å². The maximum Gasteiger partial charge on any atom is 0.328 e. The lowest BCUT2D eigenvalue weighted by Crippen LogP contribution is -2.42. The Bertz CT molecular complexity index is 1230. The summed E-state index contributed by atoms with van der Waals surface area (Å²) in [5, 5.41) is 3.64. The molecular formula is C24H21FN2O5. The molecule has 4 rings (SSSR count). The van der Waals surface area contributed by atoms with Gasteiger partial charge in [0.15, 0.2) is 5.76 Å². The van der Waals surface area contributed by atoms with Gasteiger partial charge in [0.05, 0.1) is 7.11 Å². The number of carbonyl (C=O) groups excluding carboxylic acids is 2. The van der Waals surface area contributed by atoms with Gasteiger partial charge in [0.1, 0.15) is 30.0 Å². The van der Waals surface area contributed by atoms with Crippen LogP contribution in [-0.2, 0) is 22.6 Å². The molecule has 0 bridgehead atoms. The Morgan fingerprint density at radius 3 is 2.66 bits per heavy atom. The van der Waals surface area contributed by atoms with E-state index in [4.69, 9.17) is 13.9 Å². The van der Waals surface area contributed by atoms with Crippen LogP contribution in [0.5, 0.6) is 5.75 Å². The summed E-state index contributed by atoms with van der Waals surface area (Å²) >= 11 is 0. The Balaban J connectivity index is 1.42. The van der Waals surface area contributed by atoms with Gasteiger partial charge in [0.2, 0.25) is 0 Å². The van der Waals surface area contributed by atoms with Crippen LogP contribution in [0, 0.1) is 5.82 Å². The molecule has 8 heteroatoms. The molecule has 2 heterocycles. The maximum absolute atomic E-state index is 13.0. The van der Waals surface area contributed by atoms with Crippen LogP contribution in [0.4, 0.5) is 4.39 Å². The molecule has 0 saturated carbocycles. The number of nitrogens with one attached hydrogen (secondary N) is 2. The summed E-state index contributed by atoms with van der Waals surface area (Å²) in [5.74, 6) is -0.551. The molecule has 4 aromatic rings. The van der Waals surface area contributed by atoms with Gasteiger partial charge in [-0.05, 0) is 48.0 Å². The fraction of sp³-hybridized carbons (Fsp3) is 0.167. The highest BCUT2D eigenvalue weighted by atomic mass is 19.1. The first-order valence-electron chi connectivity index (χ1n) is 9.94. The van der Waals surface area contributed by atoms with Crippen molar-refractivity contribution in [2.45, 2.75) is 19.1 Å². The number of hydrogen-bond donors (Lipinski definition) is 2. The molecule has 1 amide bonds. The second-order valence-corrected chi connectivity index (χ2v) is 7.12. The zero-order chi connectivity index (χ0) is 22.5. The number of amides is 1. The third-order valence-electron chi connectivity index (χ3n) is 4.97. The van der Waals surface area contributed by atoms with Gasteiger partial charge >= 0.3 is 5.97 Å². The summed E-state index contributed by atoms with van der Waals surface area (Å²) in [6, 6.07) is 15.5. The smallest absolute Gasteiger partial charge is 0.328 e. The lowest BCUT2D eigenvalue weighted by Gasteiger charge is -2.15. The minimum Gasteiger partial charge on any atom is -0.486 e. The molecule has 0 aliphatic rings. The van der Waals surface area contributed by atoms with Crippen molar-refractivity contribution in [3.63, 3.8) is 0 Å². The van der Waals surface area contributed by atoms with Gasteiger partial charge in [-0.25, -0.2) is 9.18 Å². The number of furan rings is 1. The number of fused-ring (bicyclic) bond motifs is 1. The first-order chi connectivity index (χ1) is 15.5. The number of halogens is 1. The zero-order valence-corrected chi connectivity index (χ0v) is 17.3. The number of aromatic nitrogens is 1. The van der Waals surface area contributed by atoms with E-state index < -0.39 is 17.9 Å². The molecule has 1 unspecified atom stereocenters. The van der Waals surface area contributed by atoms with E-state index in [1.807, 2.05) is 30.5 Å². The lowest BCUT2D eigenvalue weighted by atomic mass is 10.0. The Kier molecular flexibility index (Phi) is 6.21. The van der Waals surface area contributed by atoms with Crippen LogP contribution in [0.3, 0.4) is 0 Å². The fourth-order valence-corrected chi connectivity index (χ4v) is 3.35. The van der Waals surface area contributed by atoms with Crippen LogP contribution in [0.1, 0.15) is 21.9 Å². The highest BCUT2D eigenvalue weighted by Gasteiger charge is 2.25. The highest BCUT2D eigenvalue weighted by molar-refractivity contribution is 5.95. The van der Waals surface area contributed by atoms with Crippen molar-refractivity contribution in [3.05, 3.63) is 89.8 Å². The number of hydrogen-bond acceptors (Lipinski definition) is 5.